The first-order valence-electron chi connectivity index (χ1n) is 9.13. The van der Waals surface area contributed by atoms with Crippen LogP contribution in [-0.4, -0.2) is 33.8 Å². The summed E-state index contributed by atoms with van der Waals surface area (Å²) in [6.45, 7) is 4.15. The van der Waals surface area contributed by atoms with Crippen molar-refractivity contribution in [3.8, 4) is 17.2 Å². The van der Waals surface area contributed by atoms with Gasteiger partial charge in [-0.1, -0.05) is 13.8 Å². The number of fused-ring (bicyclic) bond motifs is 1. The van der Waals surface area contributed by atoms with Gasteiger partial charge in [0.15, 0.2) is 17.3 Å². The van der Waals surface area contributed by atoms with E-state index in [1.54, 1.807) is 19.2 Å². The summed E-state index contributed by atoms with van der Waals surface area (Å²) >= 11 is 0. The van der Waals surface area contributed by atoms with Crippen LogP contribution in [-0.2, 0) is 0 Å². The molecule has 3 rings (SSSR count). The molecule has 0 radical (unpaired) electrons. The third kappa shape index (κ3) is 3.63. The summed E-state index contributed by atoms with van der Waals surface area (Å²) < 4.78 is 16.5. The number of anilines is 2. The van der Waals surface area contributed by atoms with E-state index in [2.05, 4.69) is 0 Å². The molecule has 0 saturated heterocycles. The van der Waals surface area contributed by atoms with E-state index in [1.807, 2.05) is 57.1 Å². The van der Waals surface area contributed by atoms with Gasteiger partial charge in [0.25, 0.3) is 0 Å². The Morgan fingerprint density at radius 3 is 2.61 bits per heavy atom. The quantitative estimate of drug-likeness (QED) is 0.463. The van der Waals surface area contributed by atoms with Crippen LogP contribution in [0.3, 0.4) is 0 Å². The Bertz CT molecular complexity index is 932. The molecular weight excluding hydrogens is 356 g/mol. The van der Waals surface area contributed by atoms with Crippen molar-refractivity contribution >= 4 is 23.2 Å². The van der Waals surface area contributed by atoms with Crippen LogP contribution < -0.4 is 24.8 Å². The smallest absolute Gasteiger partial charge is 0.231 e. The number of rotatable bonds is 6. The van der Waals surface area contributed by atoms with Crippen molar-refractivity contribution in [2.75, 3.05) is 38.6 Å². The lowest BCUT2D eigenvalue weighted by atomic mass is 9.91. The minimum absolute atomic E-state index is 0.0167. The van der Waals surface area contributed by atoms with Crippen molar-refractivity contribution < 1.29 is 19.0 Å². The molecule has 2 aromatic carbocycles. The summed E-state index contributed by atoms with van der Waals surface area (Å²) in [5, 5.41) is 0. The van der Waals surface area contributed by atoms with Gasteiger partial charge in [0, 0.05) is 30.8 Å². The maximum atomic E-state index is 13.3. The summed E-state index contributed by atoms with van der Waals surface area (Å²) in [5.74, 6) is 1.74. The number of hydrogen-bond donors (Lipinski definition) is 1. The zero-order chi connectivity index (χ0) is 20.4. The fraction of sp³-hybridized carbons (Fsp3) is 0.318. The molecule has 6 nitrogen and oxygen atoms in total. The maximum absolute atomic E-state index is 13.3. The molecule has 2 aromatic rings. The Morgan fingerprint density at radius 1 is 1.21 bits per heavy atom. The van der Waals surface area contributed by atoms with E-state index in [1.165, 1.54) is 0 Å². The Kier molecular flexibility index (Phi) is 5.49. The molecule has 0 fully saturated rings. The topological polar surface area (TPSA) is 74.0 Å². The number of ketones is 1. The first-order chi connectivity index (χ1) is 13.3. The molecule has 0 atom stereocenters. The largest absolute Gasteiger partial charge is 0.492 e. The number of Topliss-reactive ketones (excluding diaryl/α,β-unsaturated/α-hetero) is 1. The lowest BCUT2D eigenvalue weighted by Crippen LogP contribution is -2.14. The van der Waals surface area contributed by atoms with Crippen LogP contribution in [0.5, 0.6) is 17.2 Å². The molecule has 0 unspecified atom stereocenters. The average molecular weight is 382 g/mol. The van der Waals surface area contributed by atoms with E-state index in [0.29, 0.717) is 34.1 Å². The van der Waals surface area contributed by atoms with Crippen molar-refractivity contribution in [2.45, 2.75) is 13.8 Å². The van der Waals surface area contributed by atoms with Gasteiger partial charge in [0.05, 0.1) is 18.5 Å². The number of carbonyl (C=O) groups is 1. The van der Waals surface area contributed by atoms with E-state index in [9.17, 15) is 4.79 Å². The molecule has 0 saturated carbocycles. The third-order valence-corrected chi connectivity index (χ3v) is 4.70. The van der Waals surface area contributed by atoms with Crippen molar-refractivity contribution in [2.24, 2.45) is 5.92 Å². The minimum atomic E-state index is -0.0437. The number of nitrogen functional groups attached to an aromatic ring is 1. The predicted octanol–water partition coefficient (Wildman–Crippen LogP) is 3.99. The van der Waals surface area contributed by atoms with Crippen LogP contribution in [0, 0.1) is 5.92 Å². The highest BCUT2D eigenvalue weighted by Gasteiger charge is 2.23. The summed E-state index contributed by atoms with van der Waals surface area (Å²) in [6, 6.07) is 9.05. The maximum Gasteiger partial charge on any atom is 0.231 e. The zero-order valence-electron chi connectivity index (χ0n) is 16.9. The second-order valence-corrected chi connectivity index (χ2v) is 7.17. The van der Waals surface area contributed by atoms with Crippen LogP contribution in [0.1, 0.15) is 29.8 Å². The van der Waals surface area contributed by atoms with Crippen LogP contribution >= 0.6 is 0 Å². The molecule has 1 aliphatic heterocycles. The molecule has 0 bridgehead atoms. The average Bonchev–Trinajstić information content (AvgIpc) is 3.13. The van der Waals surface area contributed by atoms with Gasteiger partial charge < -0.3 is 24.8 Å². The Labute approximate surface area is 165 Å². The highest BCUT2D eigenvalue weighted by atomic mass is 16.7. The third-order valence-electron chi connectivity index (χ3n) is 4.70. The molecule has 0 aromatic heterocycles. The van der Waals surface area contributed by atoms with Crippen LogP contribution in [0.15, 0.2) is 35.9 Å². The zero-order valence-corrected chi connectivity index (χ0v) is 16.9. The van der Waals surface area contributed by atoms with Gasteiger partial charge in [-0.05, 0) is 42.3 Å². The summed E-state index contributed by atoms with van der Waals surface area (Å²) in [6.07, 6.45) is 1.86. The monoisotopic (exact) mass is 382 g/mol. The molecule has 0 amide bonds. The van der Waals surface area contributed by atoms with Gasteiger partial charge in [-0.3, -0.25) is 4.79 Å². The number of benzene rings is 2. The standard InChI is InChI=1S/C22H26N2O4/c1-13(2)16(20(25)14-6-8-17(23)18(11-14)24(3)4)10-15-7-9-19-22(21(15)26-5)28-12-27-19/h6-11,13H,12,23H2,1-5H3/b16-10+. The van der Waals surface area contributed by atoms with Crippen molar-refractivity contribution in [3.05, 3.63) is 47.0 Å². The van der Waals surface area contributed by atoms with E-state index in [4.69, 9.17) is 19.9 Å². The van der Waals surface area contributed by atoms with Crippen LogP contribution in [0.2, 0.25) is 0 Å². The normalized spacial score (nSPS) is 13.0. The van der Waals surface area contributed by atoms with Crippen LogP contribution in [0.25, 0.3) is 6.08 Å². The molecule has 1 aliphatic rings. The fourth-order valence-electron chi connectivity index (χ4n) is 3.19. The first-order valence-corrected chi connectivity index (χ1v) is 9.13. The Hall–Kier alpha value is -3.15. The van der Waals surface area contributed by atoms with E-state index in [0.717, 1.165) is 11.3 Å². The number of nitrogens with zero attached hydrogens (tertiary/aromatic N) is 1. The molecule has 6 heteroatoms. The number of methoxy groups -OCH3 is 1. The molecule has 1 heterocycles. The SMILES string of the molecule is COc1c(/C=C(/C(=O)c2ccc(N)c(N(C)C)c2)C(C)C)ccc2c1OCO2. The number of hydrogen-bond acceptors (Lipinski definition) is 6. The van der Waals surface area contributed by atoms with E-state index >= 15 is 0 Å². The summed E-state index contributed by atoms with van der Waals surface area (Å²) in [4.78, 5) is 15.2. The number of allylic oxidation sites excluding steroid dienone is 1. The molecule has 148 valence electrons. The fourth-order valence-corrected chi connectivity index (χ4v) is 3.19. The van der Waals surface area contributed by atoms with E-state index in [-0.39, 0.29) is 18.5 Å². The van der Waals surface area contributed by atoms with Gasteiger partial charge in [-0.15, -0.1) is 0 Å². The van der Waals surface area contributed by atoms with Gasteiger partial charge >= 0.3 is 0 Å². The van der Waals surface area contributed by atoms with Gasteiger partial charge in [0.2, 0.25) is 12.5 Å². The predicted molar refractivity (Wildman–Crippen MR) is 111 cm³/mol. The number of nitrogens with two attached hydrogens (primary N) is 1. The second kappa shape index (κ2) is 7.84. The molecule has 2 N–H and O–H groups in total. The van der Waals surface area contributed by atoms with Crippen molar-refractivity contribution in [1.82, 2.24) is 0 Å². The lowest BCUT2D eigenvalue weighted by Gasteiger charge is -2.18. The highest BCUT2D eigenvalue weighted by molar-refractivity contribution is 6.12. The highest BCUT2D eigenvalue weighted by Crippen LogP contribution is 2.44. The van der Waals surface area contributed by atoms with E-state index < -0.39 is 0 Å². The minimum Gasteiger partial charge on any atom is -0.492 e. The Morgan fingerprint density at radius 2 is 1.96 bits per heavy atom. The summed E-state index contributed by atoms with van der Waals surface area (Å²) in [7, 11) is 5.38. The molecule has 0 aliphatic carbocycles. The van der Waals surface area contributed by atoms with Gasteiger partial charge in [0.1, 0.15) is 0 Å². The van der Waals surface area contributed by atoms with Crippen LogP contribution in [0.4, 0.5) is 11.4 Å². The summed E-state index contributed by atoms with van der Waals surface area (Å²) in [5.41, 5.74) is 9.52. The first kappa shape index (κ1) is 19.6. The van der Waals surface area contributed by atoms with Gasteiger partial charge in [-0.2, -0.15) is 0 Å². The molecule has 0 spiro atoms. The van der Waals surface area contributed by atoms with Crippen molar-refractivity contribution in [3.63, 3.8) is 0 Å². The van der Waals surface area contributed by atoms with Gasteiger partial charge in [-0.25, -0.2) is 0 Å². The Balaban J connectivity index is 2.06. The number of carbonyl (C=O) groups excluding carboxylic acids is 1. The number of ether oxygens (including phenoxy) is 3. The molecular formula is C22H26N2O4. The van der Waals surface area contributed by atoms with Crippen molar-refractivity contribution in [1.29, 1.82) is 0 Å². The lowest BCUT2D eigenvalue weighted by molar-refractivity contribution is 0.102. The second-order valence-electron chi connectivity index (χ2n) is 7.17. The molecule has 28 heavy (non-hydrogen) atoms.